The molecule has 124 valence electrons. The standard InChI is InChI=1S/C18H19N3O2S/c1-3-23-14-9-10-15-16(11-14)21-18(20-15)24-12(2)17(22)19-13-7-5-4-6-8-13/h4-12H,3H2,1-2H3,(H,19,22)(H,20,21)/t12-/m0/s1. The Morgan fingerprint density at radius 2 is 2.08 bits per heavy atom. The summed E-state index contributed by atoms with van der Waals surface area (Å²) < 4.78 is 5.49. The van der Waals surface area contributed by atoms with Crippen LogP contribution >= 0.6 is 11.8 Å². The van der Waals surface area contributed by atoms with Crippen molar-refractivity contribution in [3.05, 3.63) is 48.5 Å². The summed E-state index contributed by atoms with van der Waals surface area (Å²) in [5, 5.41) is 3.35. The van der Waals surface area contributed by atoms with E-state index < -0.39 is 0 Å². The summed E-state index contributed by atoms with van der Waals surface area (Å²) in [6.45, 7) is 4.44. The number of anilines is 1. The molecule has 1 aromatic heterocycles. The minimum atomic E-state index is -0.267. The number of imidazole rings is 1. The Morgan fingerprint density at radius 1 is 1.29 bits per heavy atom. The maximum absolute atomic E-state index is 12.3. The lowest BCUT2D eigenvalue weighted by Crippen LogP contribution is -2.22. The summed E-state index contributed by atoms with van der Waals surface area (Å²) in [5.74, 6) is 0.752. The van der Waals surface area contributed by atoms with Gasteiger partial charge in [0.1, 0.15) is 5.75 Å². The molecule has 0 bridgehead atoms. The molecule has 5 nitrogen and oxygen atoms in total. The van der Waals surface area contributed by atoms with Crippen LogP contribution in [0.4, 0.5) is 5.69 Å². The van der Waals surface area contributed by atoms with E-state index in [1.54, 1.807) is 0 Å². The molecule has 0 aliphatic heterocycles. The first-order chi connectivity index (χ1) is 11.7. The number of nitrogens with zero attached hydrogens (tertiary/aromatic N) is 1. The Kier molecular flexibility index (Phi) is 5.05. The molecule has 3 aromatic rings. The second-order valence-corrected chi connectivity index (χ2v) is 6.60. The minimum Gasteiger partial charge on any atom is -0.494 e. The third-order valence-electron chi connectivity index (χ3n) is 3.44. The maximum atomic E-state index is 12.3. The molecule has 6 heteroatoms. The first kappa shape index (κ1) is 16.4. The maximum Gasteiger partial charge on any atom is 0.237 e. The summed E-state index contributed by atoms with van der Waals surface area (Å²) >= 11 is 1.40. The zero-order chi connectivity index (χ0) is 16.9. The van der Waals surface area contributed by atoms with Crippen LogP contribution in [0.5, 0.6) is 5.75 Å². The average molecular weight is 341 g/mol. The number of H-pyrrole nitrogens is 1. The predicted octanol–water partition coefficient (Wildman–Crippen LogP) is 4.08. The van der Waals surface area contributed by atoms with Gasteiger partial charge in [-0.2, -0.15) is 0 Å². The van der Waals surface area contributed by atoms with Crippen LogP contribution in [0.1, 0.15) is 13.8 Å². The summed E-state index contributed by atoms with van der Waals surface area (Å²) in [5.41, 5.74) is 2.55. The van der Waals surface area contributed by atoms with Gasteiger partial charge in [0.2, 0.25) is 5.91 Å². The number of hydrogen-bond donors (Lipinski definition) is 2. The molecule has 0 spiro atoms. The van der Waals surface area contributed by atoms with Crippen molar-refractivity contribution in [2.24, 2.45) is 0 Å². The molecule has 0 saturated carbocycles. The van der Waals surface area contributed by atoms with Gasteiger partial charge in [-0.05, 0) is 38.1 Å². The zero-order valence-corrected chi connectivity index (χ0v) is 14.4. The molecule has 3 rings (SSSR count). The van der Waals surface area contributed by atoms with Gasteiger partial charge in [-0.15, -0.1) is 0 Å². The fourth-order valence-corrected chi connectivity index (χ4v) is 3.08. The van der Waals surface area contributed by atoms with Crippen molar-refractivity contribution >= 4 is 34.4 Å². The van der Waals surface area contributed by atoms with Crippen molar-refractivity contribution in [2.75, 3.05) is 11.9 Å². The number of nitrogens with one attached hydrogen (secondary N) is 2. The van der Waals surface area contributed by atoms with Gasteiger partial charge in [-0.25, -0.2) is 4.98 Å². The highest BCUT2D eigenvalue weighted by Crippen LogP contribution is 2.26. The third-order valence-corrected chi connectivity index (χ3v) is 4.43. The number of thioether (sulfide) groups is 1. The van der Waals surface area contributed by atoms with Gasteiger partial charge in [0.05, 0.1) is 22.9 Å². The van der Waals surface area contributed by atoms with Crippen molar-refractivity contribution in [3.8, 4) is 5.75 Å². The summed E-state index contributed by atoms with van der Waals surface area (Å²) in [6.07, 6.45) is 0. The van der Waals surface area contributed by atoms with Gasteiger partial charge < -0.3 is 15.0 Å². The number of amides is 1. The molecule has 2 aromatic carbocycles. The van der Waals surface area contributed by atoms with Crippen molar-refractivity contribution in [1.82, 2.24) is 9.97 Å². The van der Waals surface area contributed by atoms with E-state index in [0.717, 1.165) is 27.6 Å². The average Bonchev–Trinajstić information content (AvgIpc) is 2.97. The lowest BCUT2D eigenvalue weighted by molar-refractivity contribution is -0.115. The van der Waals surface area contributed by atoms with E-state index >= 15 is 0 Å². The molecule has 1 heterocycles. The molecule has 0 aliphatic rings. The topological polar surface area (TPSA) is 67.0 Å². The fraction of sp³-hybridized carbons (Fsp3) is 0.222. The molecule has 0 fully saturated rings. The lowest BCUT2D eigenvalue weighted by Gasteiger charge is -2.10. The summed E-state index contributed by atoms with van der Waals surface area (Å²) in [4.78, 5) is 20.0. The van der Waals surface area contributed by atoms with Gasteiger partial charge >= 0.3 is 0 Å². The Balaban J connectivity index is 1.68. The SMILES string of the molecule is CCOc1ccc2nc(S[C@@H](C)C(=O)Nc3ccccc3)[nH]c2c1. The number of carbonyl (C=O) groups excluding carboxylic acids is 1. The van der Waals surface area contributed by atoms with Crippen LogP contribution in [0.2, 0.25) is 0 Å². The van der Waals surface area contributed by atoms with Crippen LogP contribution in [0, 0.1) is 0 Å². The number of aromatic amines is 1. The third kappa shape index (κ3) is 3.89. The summed E-state index contributed by atoms with van der Waals surface area (Å²) in [7, 11) is 0. The van der Waals surface area contributed by atoms with Crippen LogP contribution in [-0.2, 0) is 4.79 Å². The molecule has 0 radical (unpaired) electrons. The van der Waals surface area contributed by atoms with Gasteiger partial charge in [-0.1, -0.05) is 30.0 Å². The van der Waals surface area contributed by atoms with Gasteiger partial charge in [0, 0.05) is 11.8 Å². The quantitative estimate of drug-likeness (QED) is 0.663. The molecule has 1 atom stereocenters. The highest BCUT2D eigenvalue weighted by atomic mass is 32.2. The van der Waals surface area contributed by atoms with Crippen LogP contribution in [0.15, 0.2) is 53.7 Å². The van der Waals surface area contributed by atoms with Crippen molar-refractivity contribution < 1.29 is 9.53 Å². The van der Waals surface area contributed by atoms with Crippen LogP contribution in [0.25, 0.3) is 11.0 Å². The molecular formula is C18H19N3O2S. The summed E-state index contributed by atoms with van der Waals surface area (Å²) in [6, 6.07) is 15.2. The van der Waals surface area contributed by atoms with E-state index in [9.17, 15) is 4.79 Å². The monoisotopic (exact) mass is 341 g/mol. The molecule has 0 saturated heterocycles. The number of aromatic nitrogens is 2. The van der Waals surface area contributed by atoms with Gasteiger partial charge in [0.25, 0.3) is 0 Å². The molecule has 2 N–H and O–H groups in total. The lowest BCUT2D eigenvalue weighted by atomic mass is 10.3. The number of para-hydroxylation sites is 1. The smallest absolute Gasteiger partial charge is 0.237 e. The van der Waals surface area contributed by atoms with Crippen molar-refractivity contribution in [1.29, 1.82) is 0 Å². The second kappa shape index (κ2) is 7.40. The van der Waals surface area contributed by atoms with E-state index in [4.69, 9.17) is 4.74 Å². The zero-order valence-electron chi connectivity index (χ0n) is 13.6. The number of fused-ring (bicyclic) bond motifs is 1. The first-order valence-corrected chi connectivity index (χ1v) is 8.69. The highest BCUT2D eigenvalue weighted by molar-refractivity contribution is 8.00. The molecule has 0 unspecified atom stereocenters. The van der Waals surface area contributed by atoms with E-state index in [1.165, 1.54) is 11.8 Å². The molecule has 1 amide bonds. The first-order valence-electron chi connectivity index (χ1n) is 7.81. The van der Waals surface area contributed by atoms with Crippen LogP contribution < -0.4 is 10.1 Å². The van der Waals surface area contributed by atoms with Crippen LogP contribution in [-0.4, -0.2) is 27.7 Å². The minimum absolute atomic E-state index is 0.0540. The Hall–Kier alpha value is -2.47. The molecular weight excluding hydrogens is 322 g/mol. The Labute approximate surface area is 144 Å². The molecule has 0 aliphatic carbocycles. The number of hydrogen-bond acceptors (Lipinski definition) is 4. The van der Waals surface area contributed by atoms with Crippen LogP contribution in [0.3, 0.4) is 0 Å². The van der Waals surface area contributed by atoms with Crippen molar-refractivity contribution in [2.45, 2.75) is 24.3 Å². The van der Waals surface area contributed by atoms with E-state index in [-0.39, 0.29) is 11.2 Å². The van der Waals surface area contributed by atoms with E-state index in [2.05, 4.69) is 15.3 Å². The highest BCUT2D eigenvalue weighted by Gasteiger charge is 2.17. The van der Waals surface area contributed by atoms with E-state index in [1.807, 2.05) is 62.4 Å². The largest absolute Gasteiger partial charge is 0.494 e. The number of rotatable bonds is 6. The molecule has 24 heavy (non-hydrogen) atoms. The van der Waals surface area contributed by atoms with E-state index in [0.29, 0.717) is 6.61 Å². The number of ether oxygens (including phenoxy) is 1. The predicted molar refractivity (Wildman–Crippen MR) is 97.7 cm³/mol. The number of carbonyl (C=O) groups is 1. The second-order valence-electron chi connectivity index (χ2n) is 5.27. The van der Waals surface area contributed by atoms with Gasteiger partial charge in [0.15, 0.2) is 5.16 Å². The Morgan fingerprint density at radius 3 is 2.83 bits per heavy atom. The normalized spacial score (nSPS) is 12.1. The Bertz CT molecular complexity index is 833. The van der Waals surface area contributed by atoms with Gasteiger partial charge in [-0.3, -0.25) is 4.79 Å². The number of benzene rings is 2. The van der Waals surface area contributed by atoms with Crippen molar-refractivity contribution in [3.63, 3.8) is 0 Å². The fourth-order valence-electron chi connectivity index (χ4n) is 2.26.